The lowest BCUT2D eigenvalue weighted by Crippen LogP contribution is -2.27. The van der Waals surface area contributed by atoms with Gasteiger partial charge in [-0.15, -0.1) is 0 Å². The molecular formula is C25H24F2N4O2S. The fourth-order valence-electron chi connectivity index (χ4n) is 3.50. The van der Waals surface area contributed by atoms with E-state index in [9.17, 15) is 17.2 Å². The number of aromatic nitrogens is 2. The number of nitrogens with zero attached hydrogens (tertiary/aromatic N) is 3. The summed E-state index contributed by atoms with van der Waals surface area (Å²) in [6, 6.07) is 16.2. The first-order chi connectivity index (χ1) is 16.2. The molecule has 3 aromatic carbocycles. The highest BCUT2D eigenvalue weighted by molar-refractivity contribution is 7.89. The summed E-state index contributed by atoms with van der Waals surface area (Å²) in [5.74, 6) is -0.775. The normalized spacial score (nSPS) is 11.9. The maximum Gasteiger partial charge on any atom is 0.240 e. The van der Waals surface area contributed by atoms with Gasteiger partial charge in [0.25, 0.3) is 0 Å². The minimum absolute atomic E-state index is 0.0822. The van der Waals surface area contributed by atoms with Crippen molar-refractivity contribution in [1.29, 1.82) is 0 Å². The molecule has 0 fully saturated rings. The van der Waals surface area contributed by atoms with E-state index in [1.165, 1.54) is 36.4 Å². The number of rotatable bonds is 8. The van der Waals surface area contributed by atoms with Gasteiger partial charge in [0.05, 0.1) is 27.3 Å². The van der Waals surface area contributed by atoms with Gasteiger partial charge in [-0.2, -0.15) is 0 Å². The molecule has 0 aliphatic rings. The molecule has 4 rings (SSSR count). The van der Waals surface area contributed by atoms with Gasteiger partial charge in [0.15, 0.2) is 0 Å². The maximum atomic E-state index is 13.5. The summed E-state index contributed by atoms with van der Waals surface area (Å²) in [7, 11) is 0.125. The molecule has 0 amide bonds. The zero-order valence-electron chi connectivity index (χ0n) is 18.8. The number of hydrogen-bond acceptors (Lipinski definition) is 5. The second kappa shape index (κ2) is 9.92. The summed E-state index contributed by atoms with van der Waals surface area (Å²) in [4.78, 5) is 11.4. The number of benzene rings is 3. The monoisotopic (exact) mass is 482 g/mol. The number of nitrogens with one attached hydrogen (secondary N) is 1. The van der Waals surface area contributed by atoms with Crippen molar-refractivity contribution in [1.82, 2.24) is 19.6 Å². The van der Waals surface area contributed by atoms with Crippen LogP contribution >= 0.6 is 0 Å². The van der Waals surface area contributed by atoms with Crippen molar-refractivity contribution >= 4 is 21.1 Å². The first-order valence-electron chi connectivity index (χ1n) is 10.7. The van der Waals surface area contributed by atoms with Crippen LogP contribution in [0.25, 0.3) is 33.5 Å². The summed E-state index contributed by atoms with van der Waals surface area (Å²) in [5, 5.41) is 0. The Morgan fingerprint density at radius 3 is 1.85 bits per heavy atom. The Labute approximate surface area is 197 Å². The highest BCUT2D eigenvalue weighted by atomic mass is 32.2. The highest BCUT2D eigenvalue weighted by Crippen LogP contribution is 2.32. The predicted molar refractivity (Wildman–Crippen MR) is 129 cm³/mol. The van der Waals surface area contributed by atoms with E-state index < -0.39 is 15.8 Å². The van der Waals surface area contributed by atoms with Crippen LogP contribution in [-0.4, -0.2) is 50.5 Å². The van der Waals surface area contributed by atoms with Crippen LogP contribution in [0, 0.1) is 11.6 Å². The van der Waals surface area contributed by atoms with E-state index in [4.69, 9.17) is 9.97 Å². The molecule has 34 heavy (non-hydrogen) atoms. The Morgan fingerprint density at radius 1 is 0.794 bits per heavy atom. The molecule has 9 heteroatoms. The smallest absolute Gasteiger partial charge is 0.240 e. The topological polar surface area (TPSA) is 75.2 Å². The molecule has 0 radical (unpaired) electrons. The minimum atomic E-state index is -3.73. The molecule has 4 aromatic rings. The van der Waals surface area contributed by atoms with Crippen molar-refractivity contribution in [2.75, 3.05) is 27.2 Å². The van der Waals surface area contributed by atoms with Crippen LogP contribution in [0.1, 0.15) is 6.42 Å². The first kappa shape index (κ1) is 23.9. The summed E-state index contributed by atoms with van der Waals surface area (Å²) in [6.45, 7) is 1.08. The van der Waals surface area contributed by atoms with Gasteiger partial charge in [-0.05, 0) is 93.8 Å². The van der Waals surface area contributed by atoms with E-state index in [-0.39, 0.29) is 10.7 Å². The van der Waals surface area contributed by atoms with Gasteiger partial charge in [-0.3, -0.25) is 0 Å². The van der Waals surface area contributed by atoms with Crippen LogP contribution in [-0.2, 0) is 10.0 Å². The van der Waals surface area contributed by atoms with Gasteiger partial charge >= 0.3 is 0 Å². The van der Waals surface area contributed by atoms with Crippen molar-refractivity contribution in [3.8, 4) is 22.5 Å². The Balaban J connectivity index is 1.77. The van der Waals surface area contributed by atoms with E-state index in [1.807, 2.05) is 19.0 Å². The Morgan fingerprint density at radius 2 is 1.32 bits per heavy atom. The molecule has 1 N–H and O–H groups in total. The predicted octanol–water partition coefficient (Wildman–Crippen LogP) is 4.47. The molecular weight excluding hydrogens is 458 g/mol. The van der Waals surface area contributed by atoms with Gasteiger partial charge < -0.3 is 4.90 Å². The van der Waals surface area contributed by atoms with E-state index in [1.54, 1.807) is 30.3 Å². The zero-order valence-corrected chi connectivity index (χ0v) is 19.6. The van der Waals surface area contributed by atoms with E-state index in [2.05, 4.69) is 4.72 Å². The SMILES string of the molecule is CN(C)CCCNS(=O)(=O)c1ccc2nc(-c3ccc(F)cc3)c(-c3ccc(F)cc3)nc2c1. The van der Waals surface area contributed by atoms with Crippen LogP contribution in [0.2, 0.25) is 0 Å². The molecule has 0 saturated heterocycles. The number of fused-ring (bicyclic) bond motifs is 1. The summed E-state index contributed by atoms with van der Waals surface area (Å²) in [5.41, 5.74) is 3.02. The first-order valence-corrected chi connectivity index (χ1v) is 12.2. The van der Waals surface area contributed by atoms with Crippen LogP contribution in [0.4, 0.5) is 8.78 Å². The third kappa shape index (κ3) is 5.44. The molecule has 0 aliphatic heterocycles. The van der Waals surface area contributed by atoms with Crippen molar-refractivity contribution in [3.63, 3.8) is 0 Å². The van der Waals surface area contributed by atoms with Gasteiger partial charge in [-0.25, -0.2) is 31.9 Å². The van der Waals surface area contributed by atoms with Crippen molar-refractivity contribution in [2.45, 2.75) is 11.3 Å². The van der Waals surface area contributed by atoms with E-state index in [0.29, 0.717) is 46.5 Å². The minimum Gasteiger partial charge on any atom is -0.309 e. The lowest BCUT2D eigenvalue weighted by Gasteiger charge is -2.13. The molecule has 0 bridgehead atoms. The lowest BCUT2D eigenvalue weighted by molar-refractivity contribution is 0.400. The van der Waals surface area contributed by atoms with Crippen LogP contribution < -0.4 is 4.72 Å². The molecule has 176 valence electrons. The molecule has 0 aliphatic carbocycles. The molecule has 1 heterocycles. The Kier molecular flexibility index (Phi) is 6.97. The highest BCUT2D eigenvalue weighted by Gasteiger charge is 2.18. The third-order valence-corrected chi connectivity index (χ3v) is 6.71. The molecule has 0 spiro atoms. The van der Waals surface area contributed by atoms with E-state index in [0.717, 1.165) is 6.54 Å². The average Bonchev–Trinajstić information content (AvgIpc) is 2.81. The summed E-state index contributed by atoms with van der Waals surface area (Å²) in [6.07, 6.45) is 0.676. The van der Waals surface area contributed by atoms with Gasteiger partial charge in [0, 0.05) is 17.7 Å². The van der Waals surface area contributed by atoms with Gasteiger partial charge in [0.2, 0.25) is 10.0 Å². The number of sulfonamides is 1. The van der Waals surface area contributed by atoms with Crippen LogP contribution in [0.3, 0.4) is 0 Å². The quantitative estimate of drug-likeness (QED) is 0.375. The summed E-state index contributed by atoms with van der Waals surface area (Å²) < 4.78 is 55.2. The van der Waals surface area contributed by atoms with Gasteiger partial charge in [0.1, 0.15) is 11.6 Å². The molecule has 0 atom stereocenters. The second-order valence-electron chi connectivity index (χ2n) is 8.14. The largest absolute Gasteiger partial charge is 0.309 e. The zero-order chi connectivity index (χ0) is 24.3. The standard InChI is InChI=1S/C25H24F2N4O2S/c1-31(2)15-3-14-28-34(32,33)21-12-13-22-23(16-21)30-25(18-6-10-20(27)11-7-18)24(29-22)17-4-8-19(26)9-5-17/h4-13,16,28H,3,14-15H2,1-2H3. The number of halogens is 2. The average molecular weight is 483 g/mol. The fraction of sp³-hybridized carbons (Fsp3) is 0.200. The lowest BCUT2D eigenvalue weighted by atomic mass is 10.0. The van der Waals surface area contributed by atoms with Crippen LogP contribution in [0.5, 0.6) is 0 Å². The molecule has 0 unspecified atom stereocenters. The maximum absolute atomic E-state index is 13.5. The second-order valence-corrected chi connectivity index (χ2v) is 9.91. The van der Waals surface area contributed by atoms with Crippen molar-refractivity contribution in [3.05, 3.63) is 78.4 Å². The van der Waals surface area contributed by atoms with E-state index >= 15 is 0 Å². The Hall–Kier alpha value is -3.27. The van der Waals surface area contributed by atoms with Crippen molar-refractivity contribution in [2.24, 2.45) is 0 Å². The molecule has 1 aromatic heterocycles. The molecule has 6 nitrogen and oxygen atoms in total. The third-order valence-electron chi connectivity index (χ3n) is 5.26. The molecule has 0 saturated carbocycles. The Bertz CT molecular complexity index is 1410. The van der Waals surface area contributed by atoms with Crippen LogP contribution in [0.15, 0.2) is 71.6 Å². The van der Waals surface area contributed by atoms with Gasteiger partial charge in [-0.1, -0.05) is 0 Å². The number of hydrogen-bond donors (Lipinski definition) is 1. The summed E-state index contributed by atoms with van der Waals surface area (Å²) >= 11 is 0. The van der Waals surface area contributed by atoms with Crippen molar-refractivity contribution < 1.29 is 17.2 Å². The fourth-order valence-corrected chi connectivity index (χ4v) is 4.60.